The van der Waals surface area contributed by atoms with Crippen molar-refractivity contribution in [3.05, 3.63) is 108 Å². The second kappa shape index (κ2) is 15.5. The molecule has 4 aromatic rings. The van der Waals surface area contributed by atoms with Crippen LogP contribution in [0.2, 0.25) is 0 Å². The number of phenols is 1. The molecule has 0 aromatic heterocycles. The van der Waals surface area contributed by atoms with Crippen LogP contribution in [-0.4, -0.2) is 77.5 Å². The quantitative estimate of drug-likeness (QED) is 0.132. The number of carbonyl (C=O) groups is 4. The summed E-state index contributed by atoms with van der Waals surface area (Å²) in [7, 11) is 0. The monoisotopic (exact) mass is 667 g/mol. The van der Waals surface area contributed by atoms with Crippen LogP contribution in [0.15, 0.2) is 97.1 Å². The third kappa shape index (κ3) is 7.70. The van der Waals surface area contributed by atoms with Crippen LogP contribution >= 0.6 is 11.8 Å². The van der Waals surface area contributed by atoms with Crippen LogP contribution in [-0.2, 0) is 14.4 Å². The van der Waals surface area contributed by atoms with Crippen molar-refractivity contribution >= 4 is 46.3 Å². The summed E-state index contributed by atoms with van der Waals surface area (Å²) in [5.41, 5.74) is 6.75. The fraction of sp³-hybridized carbons (Fsp3) is 0.212. The maximum atomic E-state index is 12.3. The number of phenolic OH excluding ortho intramolecular Hbond substituents is 1. The number of hydrogen-bond acceptors (Lipinski definition) is 8. The highest BCUT2D eigenvalue weighted by molar-refractivity contribution is 8.01. The van der Waals surface area contributed by atoms with E-state index < -0.39 is 40.7 Å². The molecule has 0 spiro atoms. The highest BCUT2D eigenvalue weighted by atomic mass is 32.2. The first-order valence-corrected chi connectivity index (χ1v) is 14.7. The molecule has 2 fully saturated rings. The molecule has 0 bridgehead atoms. The molecule has 4 atom stereocenters. The number of thioether (sulfide) groups is 1. The van der Waals surface area contributed by atoms with Crippen molar-refractivity contribution < 1.29 is 50.6 Å². The normalized spacial score (nSPS) is 19.1. The number of amides is 2. The van der Waals surface area contributed by atoms with Crippen molar-refractivity contribution in [2.45, 2.75) is 42.1 Å². The molecule has 4 aromatic carbocycles. The van der Waals surface area contributed by atoms with Gasteiger partial charge in [0.1, 0.15) is 40.6 Å². The molecule has 47 heavy (non-hydrogen) atoms. The number of carboxylic acids is 1. The molecular formula is C33H37N3O10S. The Hall–Kier alpha value is -4.99. The van der Waals surface area contributed by atoms with Gasteiger partial charge in [-0.15, -0.1) is 11.8 Å². The van der Waals surface area contributed by atoms with E-state index in [4.69, 9.17) is 10.5 Å². The number of β-lactam (4-membered cyclic amide) rings is 1. The van der Waals surface area contributed by atoms with Gasteiger partial charge >= 0.3 is 11.9 Å². The van der Waals surface area contributed by atoms with Gasteiger partial charge in [0.15, 0.2) is 0 Å². The Balaban J connectivity index is 0.000000311. The van der Waals surface area contributed by atoms with E-state index in [9.17, 15) is 29.4 Å². The third-order valence-electron chi connectivity index (χ3n) is 7.49. The van der Waals surface area contributed by atoms with Crippen molar-refractivity contribution in [3.63, 3.8) is 0 Å². The van der Waals surface area contributed by atoms with Crippen molar-refractivity contribution in [2.24, 2.45) is 5.73 Å². The summed E-state index contributed by atoms with van der Waals surface area (Å²) >= 11 is 1.38. The smallest absolute Gasteiger partial charge is 0.347 e. The maximum absolute atomic E-state index is 12.3. The Morgan fingerprint density at radius 3 is 2.15 bits per heavy atom. The summed E-state index contributed by atoms with van der Waals surface area (Å²) in [6.07, 6.45) is 0. The van der Waals surface area contributed by atoms with Gasteiger partial charge in [-0.05, 0) is 43.0 Å². The number of carbonyl (C=O) groups excluding carboxylic acids is 3. The van der Waals surface area contributed by atoms with E-state index in [2.05, 4.69) is 5.32 Å². The second-order valence-electron chi connectivity index (χ2n) is 10.9. The van der Waals surface area contributed by atoms with Gasteiger partial charge in [0.2, 0.25) is 11.8 Å². The molecule has 2 saturated heterocycles. The minimum absolute atomic E-state index is 0. The summed E-state index contributed by atoms with van der Waals surface area (Å²) in [5, 5.41) is 23.2. The summed E-state index contributed by atoms with van der Waals surface area (Å²) in [6.45, 7) is 3.58. The van der Waals surface area contributed by atoms with E-state index in [-0.39, 0.29) is 39.0 Å². The zero-order valence-corrected chi connectivity index (χ0v) is 26.2. The topological polar surface area (TPSA) is 254 Å². The summed E-state index contributed by atoms with van der Waals surface area (Å²) in [6, 6.07) is 25.9. The molecule has 2 aliphatic heterocycles. The molecule has 13 nitrogen and oxygen atoms in total. The zero-order valence-electron chi connectivity index (χ0n) is 25.4. The lowest BCUT2D eigenvalue weighted by Gasteiger charge is -2.43. The molecule has 0 unspecified atom stereocenters. The number of hydrogen-bond donors (Lipinski definition) is 4. The fourth-order valence-corrected chi connectivity index (χ4v) is 6.91. The van der Waals surface area contributed by atoms with Crippen molar-refractivity contribution in [2.75, 3.05) is 0 Å². The molecular weight excluding hydrogens is 630 g/mol. The summed E-state index contributed by atoms with van der Waals surface area (Å²) < 4.78 is 4.78. The Morgan fingerprint density at radius 1 is 0.894 bits per heavy atom. The van der Waals surface area contributed by atoms with E-state index in [1.807, 2.05) is 42.5 Å². The van der Waals surface area contributed by atoms with Crippen LogP contribution < -0.4 is 15.8 Å². The minimum Gasteiger partial charge on any atom is -0.507 e. The average Bonchev–Trinajstić information content (AvgIpc) is 3.28. The van der Waals surface area contributed by atoms with Crippen LogP contribution in [0.5, 0.6) is 11.5 Å². The molecule has 11 N–H and O–H groups in total. The van der Waals surface area contributed by atoms with E-state index in [0.29, 0.717) is 11.3 Å². The second-order valence-corrected chi connectivity index (χ2v) is 12.6. The number of nitrogens with one attached hydrogen (secondary N) is 1. The van der Waals surface area contributed by atoms with Crippen LogP contribution in [0.4, 0.5) is 0 Å². The van der Waals surface area contributed by atoms with E-state index in [0.717, 1.165) is 10.8 Å². The Kier molecular flexibility index (Phi) is 12.6. The number of carboxylic acid groups (broad SMARTS) is 1. The minimum atomic E-state index is -1.03. The first-order valence-electron chi connectivity index (χ1n) is 13.8. The largest absolute Gasteiger partial charge is 0.507 e. The van der Waals surface area contributed by atoms with E-state index in [1.165, 1.54) is 28.8 Å². The number of nitrogens with zero attached hydrogens (tertiary/aromatic N) is 1. The van der Waals surface area contributed by atoms with Gasteiger partial charge in [0.05, 0.1) is 0 Å². The number of aromatic hydroxyl groups is 1. The SMILES string of the molecule is CC1(C)S[C@@H]2[C@H](NC(=O)[C@H](N)c3ccccc3)C(=O)N2[C@H]1C(=O)O.O.O.O.O=C(Oc1cccc2ccccc12)c1ccccc1O. The highest BCUT2D eigenvalue weighted by Gasteiger charge is 2.64. The predicted octanol–water partition coefficient (Wildman–Crippen LogP) is 1.61. The van der Waals surface area contributed by atoms with Crippen LogP contribution in [0.25, 0.3) is 10.8 Å². The first kappa shape index (κ1) is 38.2. The number of nitrogens with two attached hydrogens (primary N) is 1. The lowest BCUT2D eigenvalue weighted by Crippen LogP contribution is -2.71. The number of ether oxygens (including phenoxy) is 1. The first-order chi connectivity index (χ1) is 21.0. The Bertz CT molecular complexity index is 1730. The third-order valence-corrected chi connectivity index (χ3v) is 9.06. The van der Waals surface area contributed by atoms with Gasteiger partial charge in [0, 0.05) is 10.1 Å². The predicted molar refractivity (Wildman–Crippen MR) is 177 cm³/mol. The zero-order chi connectivity index (χ0) is 31.6. The Labute approximate surface area is 274 Å². The average molecular weight is 668 g/mol. The number of aliphatic carboxylic acids is 1. The molecule has 2 aliphatic rings. The lowest BCUT2D eigenvalue weighted by molar-refractivity contribution is -0.161. The van der Waals surface area contributed by atoms with Crippen LogP contribution in [0.3, 0.4) is 0 Å². The molecule has 6 rings (SSSR count). The molecule has 250 valence electrons. The van der Waals surface area contributed by atoms with Gasteiger partial charge in [-0.2, -0.15) is 0 Å². The van der Waals surface area contributed by atoms with Crippen LogP contribution in [0, 0.1) is 0 Å². The van der Waals surface area contributed by atoms with Gasteiger partial charge in [-0.3, -0.25) is 9.59 Å². The number of benzene rings is 4. The molecule has 2 amide bonds. The lowest BCUT2D eigenvalue weighted by atomic mass is 9.95. The van der Waals surface area contributed by atoms with Gasteiger partial charge < -0.3 is 47.3 Å². The summed E-state index contributed by atoms with van der Waals surface area (Å²) in [4.78, 5) is 49.6. The van der Waals surface area contributed by atoms with Gasteiger partial charge in [-0.1, -0.05) is 78.9 Å². The molecule has 0 saturated carbocycles. The maximum Gasteiger partial charge on any atom is 0.347 e. The van der Waals surface area contributed by atoms with E-state index in [1.54, 1.807) is 56.3 Å². The van der Waals surface area contributed by atoms with Crippen LogP contribution in [0.1, 0.15) is 35.8 Å². The van der Waals surface area contributed by atoms with Gasteiger partial charge in [-0.25, -0.2) is 9.59 Å². The van der Waals surface area contributed by atoms with Crippen molar-refractivity contribution in [3.8, 4) is 11.5 Å². The van der Waals surface area contributed by atoms with E-state index >= 15 is 0 Å². The molecule has 0 aliphatic carbocycles. The molecule has 14 heteroatoms. The van der Waals surface area contributed by atoms with Gasteiger partial charge in [0.25, 0.3) is 0 Å². The fourth-order valence-electron chi connectivity index (χ4n) is 5.29. The number of rotatable bonds is 6. The summed E-state index contributed by atoms with van der Waals surface area (Å²) in [5.74, 6) is -2.03. The molecule has 0 radical (unpaired) electrons. The van der Waals surface area contributed by atoms with Crippen molar-refractivity contribution in [1.29, 1.82) is 0 Å². The molecule has 2 heterocycles. The number of fused-ring (bicyclic) bond motifs is 2. The number of esters is 1. The highest BCUT2D eigenvalue weighted by Crippen LogP contribution is 2.50. The standard InChI is InChI=1S/C17H12O3.C16H19N3O4S.3H2O/c18-15-10-4-3-9-14(15)17(19)20-16-11-5-7-12-6-1-2-8-13(12)16;1-16(2)11(15(22)23)19-13(21)10(14(19)24-16)18-12(20)9(17)8-6-4-3-5-7-8;;;/h1-11,18H;3-7,9-11,14H,17H2,1-2H3,(H,18,20)(H,22,23);3*1H2/t;9-,10-,11+,14-;;;/m.1.../s1. The number of para-hydroxylation sites is 1. The Morgan fingerprint density at radius 2 is 1.49 bits per heavy atom. The van der Waals surface area contributed by atoms with Crippen molar-refractivity contribution in [1.82, 2.24) is 10.2 Å².